The summed E-state index contributed by atoms with van der Waals surface area (Å²) in [6.07, 6.45) is 0.620. The summed E-state index contributed by atoms with van der Waals surface area (Å²) in [5.74, 6) is -0.0637. The standard InChI is InChI=1S/C18H25FN2O2/c1-5-20-11-17(22)21(16(18(20)23)8-12(2)3)10-14-7-6-13(4)15(19)9-14/h6-7,9,12,16H,5,8,10-11H2,1-4H3/t16-/m0/s1. The fraction of sp³-hybridized carbons (Fsp3) is 0.556. The summed E-state index contributed by atoms with van der Waals surface area (Å²) in [4.78, 5) is 28.3. The maximum atomic E-state index is 13.8. The Kier molecular flexibility index (Phi) is 5.39. The van der Waals surface area contributed by atoms with Gasteiger partial charge in [-0.1, -0.05) is 26.0 Å². The molecule has 2 amide bonds. The minimum Gasteiger partial charge on any atom is -0.332 e. The Morgan fingerprint density at radius 3 is 2.57 bits per heavy atom. The molecular weight excluding hydrogens is 295 g/mol. The van der Waals surface area contributed by atoms with E-state index in [4.69, 9.17) is 0 Å². The zero-order chi connectivity index (χ0) is 17.1. The minimum atomic E-state index is -0.458. The first-order chi connectivity index (χ1) is 10.8. The summed E-state index contributed by atoms with van der Waals surface area (Å²) in [6.45, 7) is 8.57. The maximum Gasteiger partial charge on any atom is 0.245 e. The lowest BCUT2D eigenvalue weighted by Crippen LogP contribution is -2.59. The van der Waals surface area contributed by atoms with Crippen LogP contribution in [0.5, 0.6) is 0 Å². The predicted octanol–water partition coefficient (Wildman–Crippen LogP) is 2.74. The Morgan fingerprint density at radius 2 is 2.00 bits per heavy atom. The molecule has 0 bridgehead atoms. The molecule has 5 heteroatoms. The molecule has 0 N–H and O–H groups in total. The van der Waals surface area contributed by atoms with Gasteiger partial charge in [-0.15, -0.1) is 0 Å². The van der Waals surface area contributed by atoms with Crippen LogP contribution in [0.2, 0.25) is 0 Å². The van der Waals surface area contributed by atoms with Crippen LogP contribution in [0, 0.1) is 18.7 Å². The van der Waals surface area contributed by atoms with E-state index in [1.807, 2.05) is 26.8 Å². The molecule has 1 aliphatic heterocycles. The molecule has 0 spiro atoms. The second kappa shape index (κ2) is 7.11. The zero-order valence-corrected chi connectivity index (χ0v) is 14.3. The molecule has 1 aromatic carbocycles. The summed E-state index contributed by atoms with van der Waals surface area (Å²) >= 11 is 0. The lowest BCUT2D eigenvalue weighted by Gasteiger charge is -2.40. The van der Waals surface area contributed by atoms with Crippen LogP contribution in [0.25, 0.3) is 0 Å². The summed E-state index contributed by atoms with van der Waals surface area (Å²) in [5.41, 5.74) is 1.29. The second-order valence-corrected chi connectivity index (χ2v) is 6.60. The van der Waals surface area contributed by atoms with Gasteiger partial charge >= 0.3 is 0 Å². The van der Waals surface area contributed by atoms with Crippen LogP contribution < -0.4 is 0 Å². The number of carbonyl (C=O) groups excluding carboxylic acids is 2. The molecular formula is C18H25FN2O2. The number of rotatable bonds is 5. The van der Waals surface area contributed by atoms with Gasteiger partial charge in [0.25, 0.3) is 0 Å². The number of halogens is 1. The fourth-order valence-electron chi connectivity index (χ4n) is 2.92. The zero-order valence-electron chi connectivity index (χ0n) is 14.3. The van der Waals surface area contributed by atoms with Crippen LogP contribution in [0.1, 0.15) is 38.3 Å². The Balaban J connectivity index is 2.26. The van der Waals surface area contributed by atoms with E-state index in [0.717, 1.165) is 0 Å². The van der Waals surface area contributed by atoms with Crippen molar-refractivity contribution in [2.24, 2.45) is 5.92 Å². The number of likely N-dealkylation sites (N-methyl/N-ethyl adjacent to an activating group) is 1. The lowest BCUT2D eigenvalue weighted by molar-refractivity contribution is -0.157. The molecule has 1 fully saturated rings. The third-order valence-corrected chi connectivity index (χ3v) is 4.28. The van der Waals surface area contributed by atoms with Crippen LogP contribution in [0.4, 0.5) is 4.39 Å². The van der Waals surface area contributed by atoms with E-state index in [2.05, 4.69) is 0 Å². The van der Waals surface area contributed by atoms with Crippen LogP contribution in [-0.2, 0) is 16.1 Å². The molecule has 0 radical (unpaired) electrons. The summed E-state index contributed by atoms with van der Waals surface area (Å²) in [7, 11) is 0. The van der Waals surface area contributed by atoms with E-state index in [1.54, 1.807) is 22.8 Å². The average molecular weight is 320 g/mol. The van der Waals surface area contributed by atoms with Gasteiger partial charge in [0.05, 0.1) is 6.54 Å². The number of benzene rings is 1. The maximum absolute atomic E-state index is 13.8. The molecule has 0 saturated carbocycles. The Hall–Kier alpha value is -1.91. The molecule has 1 saturated heterocycles. The van der Waals surface area contributed by atoms with Crippen molar-refractivity contribution >= 4 is 11.8 Å². The predicted molar refractivity (Wildman–Crippen MR) is 87.2 cm³/mol. The molecule has 0 aliphatic carbocycles. The van der Waals surface area contributed by atoms with E-state index >= 15 is 0 Å². The van der Waals surface area contributed by atoms with E-state index < -0.39 is 6.04 Å². The van der Waals surface area contributed by atoms with Gasteiger partial charge in [0.1, 0.15) is 11.9 Å². The molecule has 0 aromatic heterocycles. The Labute approximate surface area is 137 Å². The summed E-state index contributed by atoms with van der Waals surface area (Å²) in [5, 5.41) is 0. The van der Waals surface area contributed by atoms with E-state index in [-0.39, 0.29) is 30.7 Å². The molecule has 1 atom stereocenters. The van der Waals surface area contributed by atoms with Gasteiger partial charge in [-0.05, 0) is 43.4 Å². The van der Waals surface area contributed by atoms with Crippen molar-refractivity contribution in [2.45, 2.75) is 46.7 Å². The van der Waals surface area contributed by atoms with Crippen molar-refractivity contribution in [2.75, 3.05) is 13.1 Å². The van der Waals surface area contributed by atoms with E-state index in [0.29, 0.717) is 30.0 Å². The van der Waals surface area contributed by atoms with Crippen LogP contribution in [0.15, 0.2) is 18.2 Å². The monoisotopic (exact) mass is 320 g/mol. The van der Waals surface area contributed by atoms with Crippen LogP contribution in [-0.4, -0.2) is 40.7 Å². The van der Waals surface area contributed by atoms with Crippen LogP contribution in [0.3, 0.4) is 0 Å². The highest BCUT2D eigenvalue weighted by molar-refractivity contribution is 5.94. The van der Waals surface area contributed by atoms with Crippen molar-refractivity contribution in [1.29, 1.82) is 0 Å². The first-order valence-corrected chi connectivity index (χ1v) is 8.16. The average Bonchev–Trinajstić information content (AvgIpc) is 2.49. The van der Waals surface area contributed by atoms with Crippen molar-refractivity contribution < 1.29 is 14.0 Å². The van der Waals surface area contributed by atoms with E-state index in [9.17, 15) is 14.0 Å². The number of carbonyl (C=O) groups is 2. The smallest absolute Gasteiger partial charge is 0.245 e. The highest BCUT2D eigenvalue weighted by atomic mass is 19.1. The van der Waals surface area contributed by atoms with Gasteiger partial charge in [-0.2, -0.15) is 0 Å². The minimum absolute atomic E-state index is 0.00613. The molecule has 4 nitrogen and oxygen atoms in total. The van der Waals surface area contributed by atoms with Gasteiger partial charge in [-0.25, -0.2) is 4.39 Å². The number of amides is 2. The number of aryl methyl sites for hydroxylation is 1. The highest BCUT2D eigenvalue weighted by Crippen LogP contribution is 2.22. The highest BCUT2D eigenvalue weighted by Gasteiger charge is 2.38. The van der Waals surface area contributed by atoms with Gasteiger partial charge in [0.2, 0.25) is 11.8 Å². The number of nitrogens with zero attached hydrogens (tertiary/aromatic N) is 2. The largest absolute Gasteiger partial charge is 0.332 e. The van der Waals surface area contributed by atoms with Crippen molar-refractivity contribution in [3.63, 3.8) is 0 Å². The fourth-order valence-corrected chi connectivity index (χ4v) is 2.92. The van der Waals surface area contributed by atoms with Gasteiger partial charge in [0.15, 0.2) is 0 Å². The third kappa shape index (κ3) is 3.89. The number of hydrogen-bond acceptors (Lipinski definition) is 2. The topological polar surface area (TPSA) is 40.6 Å². The lowest BCUT2D eigenvalue weighted by atomic mass is 9.98. The SMILES string of the molecule is CCN1CC(=O)N(Cc2ccc(C)c(F)c2)[C@@H](CC(C)C)C1=O. The van der Waals surface area contributed by atoms with Crippen molar-refractivity contribution in [3.05, 3.63) is 35.1 Å². The Morgan fingerprint density at radius 1 is 1.30 bits per heavy atom. The quantitative estimate of drug-likeness (QED) is 0.837. The molecule has 1 heterocycles. The number of piperazine rings is 1. The first kappa shape index (κ1) is 17.4. The van der Waals surface area contributed by atoms with Crippen molar-refractivity contribution in [3.8, 4) is 0 Å². The molecule has 23 heavy (non-hydrogen) atoms. The third-order valence-electron chi connectivity index (χ3n) is 4.28. The molecule has 1 aromatic rings. The number of hydrogen-bond donors (Lipinski definition) is 0. The summed E-state index contributed by atoms with van der Waals surface area (Å²) < 4.78 is 13.8. The molecule has 0 unspecified atom stereocenters. The van der Waals surface area contributed by atoms with E-state index in [1.165, 1.54) is 6.07 Å². The van der Waals surface area contributed by atoms with Gasteiger partial charge in [-0.3, -0.25) is 9.59 Å². The van der Waals surface area contributed by atoms with Crippen molar-refractivity contribution in [1.82, 2.24) is 9.80 Å². The second-order valence-electron chi connectivity index (χ2n) is 6.60. The molecule has 126 valence electrons. The van der Waals surface area contributed by atoms with Crippen LogP contribution >= 0.6 is 0 Å². The summed E-state index contributed by atoms with van der Waals surface area (Å²) in [6, 6.07) is 4.51. The van der Waals surface area contributed by atoms with Gasteiger partial charge < -0.3 is 9.80 Å². The van der Waals surface area contributed by atoms with Gasteiger partial charge in [0, 0.05) is 13.1 Å². The normalized spacial score (nSPS) is 19.0. The molecule has 1 aliphatic rings. The Bertz CT molecular complexity index is 601. The molecule has 2 rings (SSSR count). The first-order valence-electron chi connectivity index (χ1n) is 8.16.